The van der Waals surface area contributed by atoms with Gasteiger partial charge in [-0.2, -0.15) is 5.10 Å². The minimum absolute atomic E-state index is 0.228. The van der Waals surface area contributed by atoms with Gasteiger partial charge in [0.25, 0.3) is 5.91 Å². The van der Waals surface area contributed by atoms with E-state index in [1.54, 1.807) is 79.1 Å². The number of benzene rings is 2. The molecule has 6 nitrogen and oxygen atoms in total. The molecule has 0 spiro atoms. The summed E-state index contributed by atoms with van der Waals surface area (Å²) in [5.41, 5.74) is 3.36. The van der Waals surface area contributed by atoms with Gasteiger partial charge in [0.2, 0.25) is 0 Å². The topological polar surface area (TPSA) is 87.7 Å². The van der Waals surface area contributed by atoms with Gasteiger partial charge in [-0.15, -0.1) is 0 Å². The van der Waals surface area contributed by atoms with Gasteiger partial charge in [-0.05, 0) is 60.2 Å². The van der Waals surface area contributed by atoms with Gasteiger partial charge < -0.3 is 5.32 Å². The van der Waals surface area contributed by atoms with E-state index in [9.17, 15) is 9.59 Å². The first-order valence-electron chi connectivity index (χ1n) is 9.54. The zero-order chi connectivity index (χ0) is 22.5. The molecule has 0 aliphatic rings. The van der Waals surface area contributed by atoms with Crippen LogP contribution in [0.3, 0.4) is 0 Å². The monoisotopic (exact) mass is 462 g/mol. The summed E-state index contributed by atoms with van der Waals surface area (Å²) in [5.74, 6) is -0.598. The van der Waals surface area contributed by atoms with Crippen molar-refractivity contribution in [1.82, 2.24) is 15.2 Å². The highest BCUT2D eigenvalue weighted by Gasteiger charge is 2.12. The predicted molar refractivity (Wildman–Crippen MR) is 126 cm³/mol. The summed E-state index contributed by atoms with van der Waals surface area (Å²) < 4.78 is 0. The number of carbonyl (C=O) groups is 2. The number of rotatable bonds is 6. The van der Waals surface area contributed by atoms with Gasteiger partial charge in [0.1, 0.15) is 5.69 Å². The van der Waals surface area contributed by atoms with Crippen LogP contribution in [0.5, 0.6) is 0 Å². The first-order chi connectivity index (χ1) is 15.5. The van der Waals surface area contributed by atoms with Crippen molar-refractivity contribution in [2.24, 2.45) is 0 Å². The minimum atomic E-state index is -0.370. The van der Waals surface area contributed by atoms with Gasteiger partial charge >= 0.3 is 0 Å². The SMILES string of the molecule is O=C(/C=C/c1ccc(Cl)cc1Cl)c1cccc(NC(=O)c2cc(-c3ccncc3)n[nH]2)c1. The van der Waals surface area contributed by atoms with Crippen molar-refractivity contribution in [3.05, 3.63) is 106 Å². The van der Waals surface area contributed by atoms with E-state index in [4.69, 9.17) is 23.2 Å². The van der Waals surface area contributed by atoms with E-state index in [2.05, 4.69) is 20.5 Å². The molecular weight excluding hydrogens is 447 g/mol. The molecule has 0 saturated carbocycles. The molecule has 158 valence electrons. The van der Waals surface area contributed by atoms with Crippen LogP contribution >= 0.6 is 23.2 Å². The lowest BCUT2D eigenvalue weighted by atomic mass is 10.1. The summed E-state index contributed by atoms with van der Waals surface area (Å²) in [4.78, 5) is 29.1. The summed E-state index contributed by atoms with van der Waals surface area (Å²) in [6.07, 6.45) is 6.35. The van der Waals surface area contributed by atoms with E-state index in [1.807, 2.05) is 0 Å². The molecule has 32 heavy (non-hydrogen) atoms. The quantitative estimate of drug-likeness (QED) is 0.274. The van der Waals surface area contributed by atoms with Crippen LogP contribution in [0.4, 0.5) is 5.69 Å². The van der Waals surface area contributed by atoms with Crippen molar-refractivity contribution < 1.29 is 9.59 Å². The molecule has 0 aliphatic carbocycles. The summed E-state index contributed by atoms with van der Waals surface area (Å²) >= 11 is 12.0. The molecule has 4 aromatic rings. The van der Waals surface area contributed by atoms with E-state index in [1.165, 1.54) is 6.08 Å². The van der Waals surface area contributed by atoms with Crippen LogP contribution in [-0.2, 0) is 0 Å². The van der Waals surface area contributed by atoms with Crippen molar-refractivity contribution in [1.29, 1.82) is 0 Å². The molecule has 0 saturated heterocycles. The first kappa shape index (κ1) is 21.5. The van der Waals surface area contributed by atoms with Crippen molar-refractivity contribution in [2.75, 3.05) is 5.32 Å². The highest BCUT2D eigenvalue weighted by molar-refractivity contribution is 6.35. The Morgan fingerprint density at radius 1 is 0.969 bits per heavy atom. The van der Waals surface area contributed by atoms with Crippen molar-refractivity contribution in [2.45, 2.75) is 0 Å². The number of hydrogen-bond donors (Lipinski definition) is 2. The number of aromatic amines is 1. The molecule has 0 atom stereocenters. The number of anilines is 1. The van der Waals surface area contributed by atoms with Crippen LogP contribution in [-0.4, -0.2) is 26.9 Å². The summed E-state index contributed by atoms with van der Waals surface area (Å²) in [5, 5.41) is 10.6. The molecule has 2 heterocycles. The maximum absolute atomic E-state index is 12.6. The molecule has 2 aromatic carbocycles. The molecular formula is C24H16Cl2N4O2. The Morgan fingerprint density at radius 2 is 1.78 bits per heavy atom. The number of ketones is 1. The fourth-order valence-corrected chi connectivity index (χ4v) is 3.43. The Bertz CT molecular complexity index is 1320. The Hall–Kier alpha value is -3.74. The zero-order valence-corrected chi connectivity index (χ0v) is 18.1. The summed E-state index contributed by atoms with van der Waals surface area (Å²) in [7, 11) is 0. The van der Waals surface area contributed by atoms with Crippen molar-refractivity contribution in [3.8, 4) is 11.3 Å². The molecule has 2 N–H and O–H groups in total. The number of halogens is 2. The van der Waals surface area contributed by atoms with Gasteiger partial charge in [-0.25, -0.2) is 0 Å². The molecule has 0 radical (unpaired) electrons. The van der Waals surface area contributed by atoms with Gasteiger partial charge in [0.15, 0.2) is 5.78 Å². The van der Waals surface area contributed by atoms with Crippen LogP contribution in [0.15, 0.2) is 79.1 Å². The van der Waals surface area contributed by atoms with Crippen LogP contribution in [0, 0.1) is 0 Å². The molecule has 0 aliphatic heterocycles. The van der Waals surface area contributed by atoms with Crippen molar-refractivity contribution >= 4 is 46.7 Å². The highest BCUT2D eigenvalue weighted by Crippen LogP contribution is 2.22. The highest BCUT2D eigenvalue weighted by atomic mass is 35.5. The maximum atomic E-state index is 12.6. The van der Waals surface area contributed by atoms with Crippen molar-refractivity contribution in [3.63, 3.8) is 0 Å². The molecule has 1 amide bonds. The van der Waals surface area contributed by atoms with Crippen LogP contribution in [0.25, 0.3) is 17.3 Å². The Labute approximate surface area is 193 Å². The lowest BCUT2D eigenvalue weighted by molar-refractivity contribution is 0.101. The largest absolute Gasteiger partial charge is 0.321 e. The second kappa shape index (κ2) is 9.60. The zero-order valence-electron chi connectivity index (χ0n) is 16.5. The number of amides is 1. The van der Waals surface area contributed by atoms with E-state index in [0.717, 1.165) is 5.56 Å². The Kier molecular flexibility index (Phi) is 6.44. The number of aromatic nitrogens is 3. The normalized spacial score (nSPS) is 10.9. The number of hydrogen-bond acceptors (Lipinski definition) is 4. The third-order valence-corrected chi connectivity index (χ3v) is 5.14. The number of H-pyrrole nitrogens is 1. The number of carbonyl (C=O) groups excluding carboxylic acids is 2. The van der Waals surface area contributed by atoms with Crippen LogP contribution in [0.1, 0.15) is 26.4 Å². The Morgan fingerprint density at radius 3 is 2.56 bits per heavy atom. The third kappa shape index (κ3) is 5.11. The predicted octanol–water partition coefficient (Wildman–Crippen LogP) is 5.93. The lowest BCUT2D eigenvalue weighted by Crippen LogP contribution is -2.12. The average molecular weight is 463 g/mol. The van der Waals surface area contributed by atoms with Gasteiger partial charge in [0, 0.05) is 39.3 Å². The number of nitrogens with one attached hydrogen (secondary N) is 2. The van der Waals surface area contributed by atoms with Gasteiger partial charge in [-0.3, -0.25) is 19.7 Å². The standard InChI is InChI=1S/C24H16Cl2N4O2/c25-18-6-4-15(20(26)13-18)5-7-23(31)17-2-1-3-19(12-17)28-24(32)22-14-21(29-30-22)16-8-10-27-11-9-16/h1-14H,(H,28,32)(H,29,30)/b7-5+. The molecule has 0 fully saturated rings. The van der Waals surface area contributed by atoms with E-state index in [0.29, 0.717) is 38.2 Å². The number of allylic oxidation sites excluding steroid dienone is 1. The minimum Gasteiger partial charge on any atom is -0.321 e. The fraction of sp³-hybridized carbons (Fsp3) is 0. The van der Waals surface area contributed by atoms with Crippen LogP contribution < -0.4 is 5.32 Å². The Balaban J connectivity index is 1.46. The smallest absolute Gasteiger partial charge is 0.273 e. The molecule has 0 unspecified atom stereocenters. The first-order valence-corrected chi connectivity index (χ1v) is 10.3. The summed E-state index contributed by atoms with van der Waals surface area (Å²) in [6.45, 7) is 0. The lowest BCUT2D eigenvalue weighted by Gasteiger charge is -2.05. The number of pyridine rings is 1. The molecule has 2 aromatic heterocycles. The second-order valence-corrected chi connectivity index (χ2v) is 7.64. The van der Waals surface area contributed by atoms with Gasteiger partial charge in [0.05, 0.1) is 5.69 Å². The molecule has 8 heteroatoms. The fourth-order valence-electron chi connectivity index (χ4n) is 2.96. The van der Waals surface area contributed by atoms with Crippen LogP contribution in [0.2, 0.25) is 10.0 Å². The molecule has 0 bridgehead atoms. The van der Waals surface area contributed by atoms with E-state index < -0.39 is 0 Å². The second-order valence-electron chi connectivity index (χ2n) is 6.80. The number of nitrogens with zero attached hydrogens (tertiary/aromatic N) is 2. The molecule has 4 rings (SSSR count). The average Bonchev–Trinajstić information content (AvgIpc) is 3.30. The van der Waals surface area contributed by atoms with Gasteiger partial charge in [-0.1, -0.05) is 41.4 Å². The van der Waals surface area contributed by atoms with E-state index >= 15 is 0 Å². The maximum Gasteiger partial charge on any atom is 0.273 e. The summed E-state index contributed by atoms with van der Waals surface area (Å²) in [6, 6.07) is 17.0. The third-order valence-electron chi connectivity index (χ3n) is 4.58. The van der Waals surface area contributed by atoms with E-state index in [-0.39, 0.29) is 11.7 Å².